The summed E-state index contributed by atoms with van der Waals surface area (Å²) in [4.78, 5) is 28.5. The molecule has 0 saturated carbocycles. The molecule has 1 N–H and O–H groups in total. The number of nitrogens with one attached hydrogen (secondary N) is 1. The van der Waals surface area contributed by atoms with Gasteiger partial charge in [-0.2, -0.15) is 0 Å². The topological polar surface area (TPSA) is 96.0 Å². The Morgan fingerprint density at radius 1 is 0.975 bits per heavy atom. The number of ether oxygens (including phenoxy) is 1. The highest BCUT2D eigenvalue weighted by Crippen LogP contribution is 2.28. The third kappa shape index (κ3) is 8.08. The summed E-state index contributed by atoms with van der Waals surface area (Å²) in [5.41, 5.74) is 1.98. The van der Waals surface area contributed by atoms with Crippen LogP contribution in [0.15, 0.2) is 82.2 Å². The van der Waals surface area contributed by atoms with E-state index >= 15 is 0 Å². The van der Waals surface area contributed by atoms with Crippen molar-refractivity contribution >= 4 is 43.5 Å². The highest BCUT2D eigenvalue weighted by molar-refractivity contribution is 9.10. The number of amides is 2. The summed E-state index contributed by atoms with van der Waals surface area (Å²) in [6, 6.07) is 19.6. The Kier molecular flexibility index (Phi) is 10.8. The van der Waals surface area contributed by atoms with Crippen LogP contribution < -0.4 is 14.4 Å². The molecule has 8 nitrogen and oxygen atoms in total. The van der Waals surface area contributed by atoms with Crippen LogP contribution in [0.1, 0.15) is 31.9 Å². The predicted octanol–water partition coefficient (Wildman–Crippen LogP) is 5.15. The van der Waals surface area contributed by atoms with Crippen LogP contribution in [0.25, 0.3) is 0 Å². The van der Waals surface area contributed by atoms with Crippen molar-refractivity contribution in [3.8, 4) is 5.75 Å². The molecular formula is C30H36BrN3O5S. The molecule has 0 spiro atoms. The van der Waals surface area contributed by atoms with Crippen LogP contribution in [0.2, 0.25) is 0 Å². The molecule has 10 heteroatoms. The first kappa shape index (κ1) is 31.2. The average molecular weight is 631 g/mol. The zero-order chi connectivity index (χ0) is 29.4. The molecule has 0 radical (unpaired) electrons. The fraction of sp³-hybridized carbons (Fsp3) is 0.333. The molecule has 0 aromatic heterocycles. The highest BCUT2D eigenvalue weighted by Gasteiger charge is 2.32. The minimum Gasteiger partial charge on any atom is -0.497 e. The van der Waals surface area contributed by atoms with Gasteiger partial charge in [0.1, 0.15) is 18.3 Å². The lowest BCUT2D eigenvalue weighted by Crippen LogP contribution is -2.51. The number of nitrogens with zero attached hydrogens (tertiary/aromatic N) is 2. The molecule has 0 saturated heterocycles. The van der Waals surface area contributed by atoms with E-state index < -0.39 is 28.5 Å². The first-order chi connectivity index (χ1) is 18.9. The largest absolute Gasteiger partial charge is 0.497 e. The van der Waals surface area contributed by atoms with E-state index in [2.05, 4.69) is 21.2 Å². The minimum absolute atomic E-state index is 0.0518. The van der Waals surface area contributed by atoms with Gasteiger partial charge in [-0.15, -0.1) is 0 Å². The molecule has 40 heavy (non-hydrogen) atoms. The Balaban J connectivity index is 2.02. The molecule has 0 bridgehead atoms. The summed E-state index contributed by atoms with van der Waals surface area (Å²) >= 11 is 3.42. The third-order valence-electron chi connectivity index (χ3n) is 6.35. The standard InChI is InChI=1S/C30H36BrN3O5S/c1-21(2)18-32-30(36)23(4)33(19-24-11-13-25(31)14-12-24)29(35)20-34(26-7-6-8-27(17-26)39-5)40(37,38)28-15-9-22(3)10-16-28/h6-17,21,23H,18-20H2,1-5H3,(H,32,36)/t23-/m1/s1. The van der Waals surface area contributed by atoms with E-state index in [4.69, 9.17) is 4.74 Å². The number of anilines is 1. The van der Waals surface area contributed by atoms with Crippen LogP contribution in [0, 0.1) is 12.8 Å². The van der Waals surface area contributed by atoms with Crippen molar-refractivity contribution in [1.82, 2.24) is 10.2 Å². The number of hydrogen-bond acceptors (Lipinski definition) is 5. The van der Waals surface area contributed by atoms with Gasteiger partial charge in [0.2, 0.25) is 11.8 Å². The summed E-state index contributed by atoms with van der Waals surface area (Å²) in [7, 11) is -2.66. The van der Waals surface area contributed by atoms with E-state index in [1.807, 2.05) is 45.0 Å². The first-order valence-corrected chi connectivity index (χ1v) is 15.2. The Morgan fingerprint density at radius 3 is 2.23 bits per heavy atom. The van der Waals surface area contributed by atoms with E-state index in [1.54, 1.807) is 43.3 Å². The fourth-order valence-corrected chi connectivity index (χ4v) is 5.62. The lowest BCUT2D eigenvalue weighted by Gasteiger charge is -2.32. The monoisotopic (exact) mass is 629 g/mol. The first-order valence-electron chi connectivity index (χ1n) is 13.0. The lowest BCUT2D eigenvalue weighted by atomic mass is 10.1. The molecule has 3 rings (SSSR count). The number of halogens is 1. The number of carbonyl (C=O) groups excluding carboxylic acids is 2. The molecule has 0 aliphatic heterocycles. The smallest absolute Gasteiger partial charge is 0.264 e. The van der Waals surface area contributed by atoms with Crippen molar-refractivity contribution in [1.29, 1.82) is 0 Å². The fourth-order valence-electron chi connectivity index (χ4n) is 3.95. The van der Waals surface area contributed by atoms with Crippen LogP contribution in [0.4, 0.5) is 5.69 Å². The van der Waals surface area contributed by atoms with Gasteiger partial charge in [-0.05, 0) is 61.7 Å². The van der Waals surface area contributed by atoms with Crippen molar-refractivity contribution in [2.45, 2.75) is 45.2 Å². The van der Waals surface area contributed by atoms with Gasteiger partial charge >= 0.3 is 0 Å². The zero-order valence-corrected chi connectivity index (χ0v) is 25.8. The third-order valence-corrected chi connectivity index (χ3v) is 8.66. The number of benzene rings is 3. The summed E-state index contributed by atoms with van der Waals surface area (Å²) in [6.45, 7) is 7.55. The molecule has 0 fully saturated rings. The Bertz CT molecular complexity index is 1410. The van der Waals surface area contributed by atoms with Gasteiger partial charge in [-0.1, -0.05) is 65.7 Å². The molecule has 3 aromatic rings. The van der Waals surface area contributed by atoms with Gasteiger partial charge in [0.05, 0.1) is 17.7 Å². The van der Waals surface area contributed by atoms with Gasteiger partial charge in [0, 0.05) is 23.6 Å². The zero-order valence-electron chi connectivity index (χ0n) is 23.4. The maximum atomic E-state index is 14.0. The summed E-state index contributed by atoms with van der Waals surface area (Å²) < 4.78 is 35.1. The van der Waals surface area contributed by atoms with E-state index in [0.717, 1.165) is 19.9 Å². The van der Waals surface area contributed by atoms with Crippen molar-refractivity contribution in [3.63, 3.8) is 0 Å². The van der Waals surface area contributed by atoms with Crippen LogP contribution in [-0.4, -0.2) is 51.4 Å². The molecule has 0 unspecified atom stereocenters. The van der Waals surface area contributed by atoms with Crippen LogP contribution >= 0.6 is 15.9 Å². The van der Waals surface area contributed by atoms with E-state index in [1.165, 1.54) is 24.1 Å². The van der Waals surface area contributed by atoms with Gasteiger partial charge in [0.25, 0.3) is 10.0 Å². The van der Waals surface area contributed by atoms with Crippen LogP contribution in [0.5, 0.6) is 5.75 Å². The quantitative estimate of drug-likeness (QED) is 0.299. The van der Waals surface area contributed by atoms with Crippen molar-refractivity contribution in [3.05, 3.63) is 88.4 Å². The van der Waals surface area contributed by atoms with Crippen molar-refractivity contribution in [2.75, 3.05) is 24.5 Å². The lowest BCUT2D eigenvalue weighted by molar-refractivity contribution is -0.139. The van der Waals surface area contributed by atoms with E-state index in [-0.39, 0.29) is 29.0 Å². The predicted molar refractivity (Wildman–Crippen MR) is 161 cm³/mol. The molecule has 0 aliphatic rings. The second-order valence-corrected chi connectivity index (χ2v) is 12.8. The molecule has 0 heterocycles. The number of carbonyl (C=O) groups is 2. The number of hydrogen-bond donors (Lipinski definition) is 1. The molecule has 214 valence electrons. The summed E-state index contributed by atoms with van der Waals surface area (Å²) in [5, 5.41) is 2.88. The highest BCUT2D eigenvalue weighted by atomic mass is 79.9. The van der Waals surface area contributed by atoms with Gasteiger partial charge in [-0.25, -0.2) is 8.42 Å². The number of rotatable bonds is 12. The van der Waals surface area contributed by atoms with Gasteiger partial charge in [0.15, 0.2) is 0 Å². The van der Waals surface area contributed by atoms with Gasteiger partial charge < -0.3 is 15.0 Å². The summed E-state index contributed by atoms with van der Waals surface area (Å²) in [5.74, 6) is -0.153. The van der Waals surface area contributed by atoms with Crippen LogP contribution in [-0.2, 0) is 26.2 Å². The second-order valence-electron chi connectivity index (χ2n) is 9.99. The molecule has 3 aromatic carbocycles. The normalized spacial score (nSPS) is 12.1. The molecular weight excluding hydrogens is 594 g/mol. The molecule has 2 amide bonds. The second kappa shape index (κ2) is 13.8. The SMILES string of the molecule is COc1cccc(N(CC(=O)N(Cc2ccc(Br)cc2)[C@H](C)C(=O)NCC(C)C)S(=O)(=O)c2ccc(C)cc2)c1. The Hall–Kier alpha value is -3.37. The summed E-state index contributed by atoms with van der Waals surface area (Å²) in [6.07, 6.45) is 0. The maximum absolute atomic E-state index is 14.0. The van der Waals surface area contributed by atoms with Crippen molar-refractivity contribution in [2.24, 2.45) is 5.92 Å². The van der Waals surface area contributed by atoms with E-state index in [0.29, 0.717) is 12.3 Å². The Morgan fingerprint density at radius 2 is 1.62 bits per heavy atom. The van der Waals surface area contributed by atoms with Crippen molar-refractivity contribution < 1.29 is 22.7 Å². The van der Waals surface area contributed by atoms with E-state index in [9.17, 15) is 18.0 Å². The Labute approximate surface area is 245 Å². The number of methoxy groups -OCH3 is 1. The average Bonchev–Trinajstić information content (AvgIpc) is 2.93. The van der Waals surface area contributed by atoms with Gasteiger partial charge in [-0.3, -0.25) is 13.9 Å². The number of aryl methyl sites for hydroxylation is 1. The molecule has 1 atom stereocenters. The van der Waals surface area contributed by atoms with Crippen LogP contribution in [0.3, 0.4) is 0 Å². The number of sulfonamides is 1. The minimum atomic E-state index is -4.15. The maximum Gasteiger partial charge on any atom is 0.264 e. The molecule has 0 aliphatic carbocycles.